The quantitative estimate of drug-likeness (QED) is 0.448. The molecule has 1 heterocycles. The van der Waals surface area contributed by atoms with Gasteiger partial charge in [-0.1, -0.05) is 55.5 Å². The van der Waals surface area contributed by atoms with Gasteiger partial charge >= 0.3 is 0 Å². The largest absolute Gasteiger partial charge is 0.371 e. The van der Waals surface area contributed by atoms with Gasteiger partial charge in [-0.3, -0.25) is 9.10 Å². The Bertz CT molecular complexity index is 1210. The molecule has 7 heteroatoms. The van der Waals surface area contributed by atoms with E-state index in [4.69, 9.17) is 0 Å². The Labute approximate surface area is 202 Å². The summed E-state index contributed by atoms with van der Waals surface area (Å²) >= 11 is 0. The number of fused-ring (bicyclic) bond motifs is 1. The normalized spacial score (nSPS) is 12.9. The second kappa shape index (κ2) is 10.7. The molecule has 1 N–H and O–H groups in total. The number of carbonyl (C=O) groups is 1. The van der Waals surface area contributed by atoms with Crippen LogP contribution in [-0.2, 0) is 27.7 Å². The zero-order valence-electron chi connectivity index (χ0n) is 19.5. The van der Waals surface area contributed by atoms with E-state index in [1.807, 2.05) is 25.1 Å². The molecule has 0 bridgehead atoms. The molecule has 0 aliphatic carbocycles. The predicted octanol–water partition coefficient (Wildman–Crippen LogP) is 4.01. The molecule has 0 fully saturated rings. The Balaban J connectivity index is 1.40. The molecular formula is C27H31N3O3S. The van der Waals surface area contributed by atoms with Crippen molar-refractivity contribution in [3.63, 3.8) is 0 Å². The van der Waals surface area contributed by atoms with Gasteiger partial charge in [0, 0.05) is 25.3 Å². The number of amides is 1. The van der Waals surface area contributed by atoms with Gasteiger partial charge in [0.05, 0.1) is 10.6 Å². The summed E-state index contributed by atoms with van der Waals surface area (Å²) in [5, 5.41) is 2.91. The molecule has 6 nitrogen and oxygen atoms in total. The number of benzene rings is 3. The highest BCUT2D eigenvalue weighted by Gasteiger charge is 2.27. The second-order valence-electron chi connectivity index (χ2n) is 8.41. The number of hydrogen-bond acceptors (Lipinski definition) is 4. The number of rotatable bonds is 10. The van der Waals surface area contributed by atoms with E-state index >= 15 is 0 Å². The fourth-order valence-electron chi connectivity index (χ4n) is 4.26. The van der Waals surface area contributed by atoms with Crippen molar-refractivity contribution in [2.24, 2.45) is 0 Å². The summed E-state index contributed by atoms with van der Waals surface area (Å²) in [6.45, 7) is 4.11. The van der Waals surface area contributed by atoms with E-state index in [0.717, 1.165) is 37.9 Å². The number of aryl methyl sites for hydroxylation is 1. The van der Waals surface area contributed by atoms with E-state index in [9.17, 15) is 13.2 Å². The predicted molar refractivity (Wildman–Crippen MR) is 137 cm³/mol. The molecular weight excluding hydrogens is 446 g/mol. The van der Waals surface area contributed by atoms with E-state index < -0.39 is 10.0 Å². The van der Waals surface area contributed by atoms with Crippen LogP contribution in [0, 0.1) is 0 Å². The highest BCUT2D eigenvalue weighted by molar-refractivity contribution is 7.92. The first-order valence-electron chi connectivity index (χ1n) is 11.8. The van der Waals surface area contributed by atoms with Crippen LogP contribution in [0.4, 0.5) is 11.4 Å². The number of hydrogen-bond donors (Lipinski definition) is 1. The minimum Gasteiger partial charge on any atom is -0.371 e. The Kier molecular flexibility index (Phi) is 7.53. The van der Waals surface area contributed by atoms with Crippen LogP contribution in [0.1, 0.15) is 24.5 Å². The molecule has 0 saturated carbocycles. The van der Waals surface area contributed by atoms with E-state index in [2.05, 4.69) is 28.4 Å². The molecule has 0 atom stereocenters. The topological polar surface area (TPSA) is 69.7 Å². The van der Waals surface area contributed by atoms with E-state index in [1.165, 1.54) is 15.6 Å². The summed E-state index contributed by atoms with van der Waals surface area (Å²) in [7, 11) is -3.88. The number of nitrogens with zero attached hydrogens (tertiary/aromatic N) is 2. The van der Waals surface area contributed by atoms with Crippen LogP contribution in [0.5, 0.6) is 0 Å². The van der Waals surface area contributed by atoms with E-state index in [1.54, 1.807) is 42.5 Å². The molecule has 1 amide bonds. The third-order valence-electron chi connectivity index (χ3n) is 6.16. The minimum atomic E-state index is -3.88. The van der Waals surface area contributed by atoms with Crippen molar-refractivity contribution < 1.29 is 13.2 Å². The lowest BCUT2D eigenvalue weighted by molar-refractivity contribution is -0.119. The molecule has 0 unspecified atom stereocenters. The first-order chi connectivity index (χ1) is 16.5. The zero-order chi connectivity index (χ0) is 24.0. The molecule has 1 aliphatic rings. The van der Waals surface area contributed by atoms with Gasteiger partial charge in [-0.15, -0.1) is 0 Å². The standard InChI is InChI=1S/C27H31N3O3S/c1-2-22-13-15-24(16-14-22)30(34(32,33)25-10-4-3-5-11-25)21-27(31)28-18-8-19-29-20-17-23-9-6-7-12-26(23)29/h3-7,9-16H,2,8,17-21H2,1H3,(H,28,31). The van der Waals surface area contributed by atoms with Gasteiger partial charge in [-0.2, -0.15) is 0 Å². The first kappa shape index (κ1) is 23.8. The molecule has 0 aromatic heterocycles. The summed E-state index contributed by atoms with van der Waals surface area (Å²) in [6.07, 6.45) is 2.69. The minimum absolute atomic E-state index is 0.162. The van der Waals surface area contributed by atoms with Crippen LogP contribution in [0.3, 0.4) is 0 Å². The Morgan fingerprint density at radius 1 is 0.971 bits per heavy atom. The fraction of sp³-hybridized carbons (Fsp3) is 0.296. The highest BCUT2D eigenvalue weighted by atomic mass is 32.2. The van der Waals surface area contributed by atoms with Gasteiger partial charge in [0.25, 0.3) is 10.0 Å². The lowest BCUT2D eigenvalue weighted by Gasteiger charge is -2.24. The summed E-state index contributed by atoms with van der Waals surface area (Å²) in [6, 6.07) is 24.0. The van der Waals surface area contributed by atoms with Crippen molar-refractivity contribution in [3.05, 3.63) is 90.0 Å². The lowest BCUT2D eigenvalue weighted by Crippen LogP contribution is -2.41. The van der Waals surface area contributed by atoms with Gasteiger partial charge in [0.15, 0.2) is 0 Å². The van der Waals surface area contributed by atoms with Crippen molar-refractivity contribution in [1.82, 2.24) is 5.32 Å². The molecule has 0 spiro atoms. The van der Waals surface area contributed by atoms with Crippen LogP contribution in [0.25, 0.3) is 0 Å². The molecule has 0 saturated heterocycles. The molecule has 3 aromatic rings. The van der Waals surface area contributed by atoms with E-state index in [-0.39, 0.29) is 17.3 Å². The van der Waals surface area contributed by atoms with Crippen LogP contribution in [0.2, 0.25) is 0 Å². The molecule has 0 radical (unpaired) electrons. The van der Waals surface area contributed by atoms with Crippen LogP contribution in [0.15, 0.2) is 83.8 Å². The van der Waals surface area contributed by atoms with Crippen molar-refractivity contribution in [3.8, 4) is 0 Å². The maximum atomic E-state index is 13.4. The maximum Gasteiger partial charge on any atom is 0.264 e. The maximum absolute atomic E-state index is 13.4. The summed E-state index contributed by atoms with van der Waals surface area (Å²) in [5.41, 5.74) is 4.21. The molecule has 34 heavy (non-hydrogen) atoms. The number of anilines is 2. The van der Waals surface area contributed by atoms with Crippen molar-refractivity contribution in [1.29, 1.82) is 0 Å². The fourth-order valence-corrected chi connectivity index (χ4v) is 5.70. The number of carbonyl (C=O) groups excluding carboxylic acids is 1. The third kappa shape index (κ3) is 5.42. The SMILES string of the molecule is CCc1ccc(N(CC(=O)NCCCN2CCc3ccccc32)S(=O)(=O)c2ccccc2)cc1. The average Bonchev–Trinajstić information content (AvgIpc) is 3.29. The third-order valence-corrected chi connectivity index (χ3v) is 7.95. The average molecular weight is 478 g/mol. The molecule has 4 rings (SSSR count). The van der Waals surface area contributed by atoms with E-state index in [0.29, 0.717) is 12.2 Å². The highest BCUT2D eigenvalue weighted by Crippen LogP contribution is 2.27. The summed E-state index contributed by atoms with van der Waals surface area (Å²) in [5.74, 6) is -0.319. The van der Waals surface area contributed by atoms with Crippen molar-refractivity contribution in [2.75, 3.05) is 35.4 Å². The number of sulfonamides is 1. The Morgan fingerprint density at radius 2 is 1.68 bits per heavy atom. The number of nitrogens with one attached hydrogen (secondary N) is 1. The van der Waals surface area contributed by atoms with Gasteiger partial charge < -0.3 is 10.2 Å². The van der Waals surface area contributed by atoms with Crippen molar-refractivity contribution in [2.45, 2.75) is 31.1 Å². The molecule has 1 aliphatic heterocycles. The monoisotopic (exact) mass is 477 g/mol. The smallest absolute Gasteiger partial charge is 0.264 e. The van der Waals surface area contributed by atoms with Gasteiger partial charge in [-0.25, -0.2) is 8.42 Å². The summed E-state index contributed by atoms with van der Waals surface area (Å²) in [4.78, 5) is 15.3. The van der Waals surface area contributed by atoms with Gasteiger partial charge in [0.1, 0.15) is 6.54 Å². The van der Waals surface area contributed by atoms with Gasteiger partial charge in [0.2, 0.25) is 5.91 Å². The Hall–Kier alpha value is -3.32. The first-order valence-corrected chi connectivity index (χ1v) is 13.2. The summed E-state index contributed by atoms with van der Waals surface area (Å²) < 4.78 is 28.0. The molecule has 3 aromatic carbocycles. The van der Waals surface area contributed by atoms with Crippen LogP contribution in [-0.4, -0.2) is 40.5 Å². The Morgan fingerprint density at radius 3 is 2.41 bits per heavy atom. The second-order valence-corrected chi connectivity index (χ2v) is 10.3. The number of para-hydroxylation sites is 1. The van der Waals surface area contributed by atoms with Crippen LogP contribution >= 0.6 is 0 Å². The van der Waals surface area contributed by atoms with Crippen LogP contribution < -0.4 is 14.5 Å². The zero-order valence-corrected chi connectivity index (χ0v) is 20.3. The van der Waals surface area contributed by atoms with Crippen molar-refractivity contribution >= 4 is 27.3 Å². The van der Waals surface area contributed by atoms with Gasteiger partial charge in [-0.05, 0) is 60.7 Å². The lowest BCUT2D eigenvalue weighted by atomic mass is 10.1. The molecule has 178 valence electrons.